The molecule has 7 aliphatic heterocycles. The van der Waals surface area contributed by atoms with Crippen LogP contribution in [0.15, 0.2) is 0 Å². The fourth-order valence-corrected chi connectivity index (χ4v) is 24.1. The summed E-state index contributed by atoms with van der Waals surface area (Å²) in [5, 5.41) is 0. The highest BCUT2D eigenvalue weighted by atomic mass is 19.1. The minimum atomic E-state index is -1.21. The summed E-state index contributed by atoms with van der Waals surface area (Å²) in [7, 11) is 0. The Hall–Kier alpha value is -3.78. The third kappa shape index (κ3) is 28.4. The van der Waals surface area contributed by atoms with Gasteiger partial charge in [-0.3, -0.25) is 33.6 Å². The molecule has 7 saturated heterocycles. The van der Waals surface area contributed by atoms with E-state index in [2.05, 4.69) is 126 Å². The van der Waals surface area contributed by atoms with Gasteiger partial charge in [0.1, 0.15) is 5.67 Å². The van der Waals surface area contributed by atoms with E-state index in [0.29, 0.717) is 85.3 Å². The van der Waals surface area contributed by atoms with Gasteiger partial charge in [0.2, 0.25) is 41.4 Å². The number of nitrogens with zero attached hydrogens (tertiary/aromatic N) is 7. The molecule has 7 amide bonds. The zero-order valence-corrected chi connectivity index (χ0v) is 85.5. The average molecular weight is 1680 g/mol. The van der Waals surface area contributed by atoms with Crippen LogP contribution in [0.25, 0.3) is 0 Å². The van der Waals surface area contributed by atoms with Gasteiger partial charge in [0.25, 0.3) is 0 Å². The van der Waals surface area contributed by atoms with E-state index in [9.17, 15) is 38.0 Å². The molecule has 0 aromatic carbocycles. The molecule has 15 fully saturated rings. The molecule has 30 atom stereocenters. The van der Waals surface area contributed by atoms with Crippen molar-refractivity contribution in [3.63, 3.8) is 0 Å². The number of hydrogen-bond acceptors (Lipinski definition) is 7. The Morgan fingerprint density at radius 3 is 0.555 bits per heavy atom. The maximum absolute atomic E-state index is 13.5. The summed E-state index contributed by atoms with van der Waals surface area (Å²) in [6, 6.07) is 0. The molecule has 8 aliphatic carbocycles. The number of carbonyl (C=O) groups excluding carboxylic acids is 7. The highest BCUT2D eigenvalue weighted by Crippen LogP contribution is 2.54. The van der Waals surface area contributed by atoms with Crippen LogP contribution in [0.4, 0.5) is 4.39 Å². The number of halogens is 1. The molecular formula is C104H198FN7O7. The van der Waals surface area contributed by atoms with Gasteiger partial charge in [0.05, 0.1) is 5.92 Å². The van der Waals surface area contributed by atoms with Gasteiger partial charge in [0, 0.05) is 128 Å². The fraction of sp³-hybridized carbons (Fsp3) is 0.933. The second kappa shape index (κ2) is 51.1. The van der Waals surface area contributed by atoms with E-state index in [0.717, 1.165) is 240 Å². The van der Waals surface area contributed by atoms with Gasteiger partial charge in [-0.05, 0) is 224 Å². The van der Waals surface area contributed by atoms with Crippen LogP contribution in [0.5, 0.6) is 0 Å². The van der Waals surface area contributed by atoms with Crippen molar-refractivity contribution in [3.05, 3.63) is 0 Å². The molecular weight excluding hydrogens is 1480 g/mol. The van der Waals surface area contributed by atoms with Crippen molar-refractivity contribution >= 4 is 41.4 Å². The maximum atomic E-state index is 13.5. The van der Waals surface area contributed by atoms with Gasteiger partial charge in [-0.15, -0.1) is 0 Å². The Morgan fingerprint density at radius 1 is 0.269 bits per heavy atom. The van der Waals surface area contributed by atoms with Crippen molar-refractivity contribution < 1.29 is 38.0 Å². The lowest BCUT2D eigenvalue weighted by atomic mass is 9.91. The molecule has 14 nitrogen and oxygen atoms in total. The van der Waals surface area contributed by atoms with Crippen LogP contribution in [0.2, 0.25) is 0 Å². The van der Waals surface area contributed by atoms with Crippen LogP contribution in [0.3, 0.4) is 0 Å². The molecule has 0 aromatic rings. The first kappa shape index (κ1) is 111. The number of hydrogen-bond donors (Lipinski definition) is 0. The topological polar surface area (TPSA) is 142 Å². The van der Waals surface area contributed by atoms with E-state index >= 15 is 0 Å². The van der Waals surface area contributed by atoms with Crippen molar-refractivity contribution in [1.82, 2.24) is 34.3 Å². The maximum Gasteiger partial charge on any atom is 0.229 e. The second-order valence-corrected chi connectivity index (χ2v) is 41.3. The van der Waals surface area contributed by atoms with Gasteiger partial charge in [0.15, 0.2) is 0 Å². The van der Waals surface area contributed by atoms with E-state index in [1.54, 1.807) is 6.92 Å². The standard InChI is InChI=1S/C14H22FNO.2C14H25NO.4C12H21NO.7C2H6/c1-8-4-10-6-16(7-11(10)9(8)2)13(17)12-5-14(12,3)15;2*1-9-6-11-7-15(8-12(11)10(9)2)13(16)14(3,4)5;4*1-4-12(14)13-6-10-5-8(2)9(3)11(10)7-13;7*1-2/h8-12H,4-7H2,1-3H3;2*9-12H,6-8H2,1-5H3;4*8-11H,4-7H2,1-3H3;7*1-2H3/t8-,9+,10-,11-,12?,14?;2*9-,10+,11-,12-;4*8-,9+,10-,11-;;;;;;;/m1111111......./s1. The fourth-order valence-electron chi connectivity index (χ4n) is 24.1. The van der Waals surface area contributed by atoms with Gasteiger partial charge >= 0.3 is 0 Å². The average Bonchev–Trinajstić information content (AvgIpc) is 1.59. The van der Waals surface area contributed by atoms with Crippen LogP contribution in [0.1, 0.15) is 347 Å². The zero-order valence-electron chi connectivity index (χ0n) is 85.5. The second-order valence-electron chi connectivity index (χ2n) is 41.3. The van der Waals surface area contributed by atoms with E-state index < -0.39 is 5.67 Å². The molecule has 15 heteroatoms. The minimum Gasteiger partial charge on any atom is -0.342 e. The summed E-state index contributed by atoms with van der Waals surface area (Å²) in [4.78, 5) is 97.3. The highest BCUT2D eigenvalue weighted by Gasteiger charge is 2.59. The van der Waals surface area contributed by atoms with Crippen LogP contribution in [-0.4, -0.2) is 173 Å². The number of likely N-dealkylation sites (tertiary alicyclic amines) is 7. The lowest BCUT2D eigenvalue weighted by Gasteiger charge is -2.27. The van der Waals surface area contributed by atoms with Crippen molar-refractivity contribution in [1.29, 1.82) is 0 Å². The molecule has 698 valence electrons. The van der Waals surface area contributed by atoms with Crippen LogP contribution in [-0.2, 0) is 33.6 Å². The Morgan fingerprint density at radius 2 is 0.412 bits per heavy atom. The SMILES string of the molecule is CC.CC.CC.CC.CC.CC.CC.CCC(=O)N1C[C@H]2C[C@@H](C)[C@H](C)[C@H]2C1.CCC(=O)N1C[C@H]2C[C@@H](C)[C@H](C)[C@H]2C1.CCC(=O)N1C[C@H]2C[C@@H](C)[C@H](C)[C@H]2C1.CCC(=O)N1C[C@H]2C[C@@H](C)[C@H](C)[C@H]2C1.C[C@@H]1[C@H]2CN(C(=O)C(C)(C)C)C[C@H]2C[C@H]1C.C[C@@H]1[C@H]2CN(C(=O)C(C)(C)C)C[C@H]2C[C@H]1C.C[C@@H]1[C@H]2CN(C(=O)C3CC3(C)F)C[C@H]2C[C@H]1C. The molecule has 0 spiro atoms. The summed E-state index contributed by atoms with van der Waals surface area (Å²) in [6.07, 6.45) is 12.3. The monoisotopic (exact) mass is 1680 g/mol. The number of alkyl halides is 1. The first-order valence-corrected chi connectivity index (χ1v) is 50.7. The molecule has 0 radical (unpaired) electrons. The summed E-state index contributed by atoms with van der Waals surface area (Å²) >= 11 is 0. The molecule has 8 saturated carbocycles. The van der Waals surface area contributed by atoms with Crippen molar-refractivity contribution in [2.24, 2.45) is 182 Å². The first-order chi connectivity index (χ1) is 56.0. The lowest BCUT2D eigenvalue weighted by molar-refractivity contribution is -0.139. The van der Waals surface area contributed by atoms with E-state index in [1.807, 2.05) is 171 Å². The Kier molecular flexibility index (Phi) is 47.8. The predicted molar refractivity (Wildman–Crippen MR) is 503 cm³/mol. The van der Waals surface area contributed by atoms with Gasteiger partial charge in [-0.25, -0.2) is 4.39 Å². The van der Waals surface area contributed by atoms with E-state index in [-0.39, 0.29) is 22.7 Å². The summed E-state index contributed by atoms with van der Waals surface area (Å²) in [6.45, 7) is 96.5. The smallest absolute Gasteiger partial charge is 0.229 e. The molecule has 7 heterocycles. The summed E-state index contributed by atoms with van der Waals surface area (Å²) in [5.74, 6) is 24.1. The molecule has 119 heavy (non-hydrogen) atoms. The molecule has 15 rings (SSSR count). The van der Waals surface area contributed by atoms with Crippen molar-refractivity contribution in [3.8, 4) is 0 Å². The first-order valence-electron chi connectivity index (χ1n) is 50.7. The normalized spacial score (nSPS) is 37.9. The van der Waals surface area contributed by atoms with Crippen molar-refractivity contribution in [2.75, 3.05) is 91.6 Å². The molecule has 2 unspecified atom stereocenters. The zero-order chi connectivity index (χ0) is 91.7. The van der Waals surface area contributed by atoms with E-state index in [4.69, 9.17) is 0 Å². The van der Waals surface area contributed by atoms with Crippen LogP contribution in [0, 0.1) is 182 Å². The molecule has 0 N–H and O–H groups in total. The number of amides is 7. The van der Waals surface area contributed by atoms with Crippen LogP contribution < -0.4 is 0 Å². The molecule has 0 bridgehead atoms. The minimum absolute atomic E-state index is 0.0734. The number of fused-ring (bicyclic) bond motifs is 7. The summed E-state index contributed by atoms with van der Waals surface area (Å²) < 4.78 is 13.5. The number of rotatable bonds is 5. The molecule has 15 aliphatic rings. The third-order valence-corrected chi connectivity index (χ3v) is 32.4. The lowest BCUT2D eigenvalue weighted by Crippen LogP contribution is -2.39. The highest BCUT2D eigenvalue weighted by molar-refractivity contribution is 5.84. The quantitative estimate of drug-likeness (QED) is 0.267. The Labute approximate surface area is 736 Å². The number of carbonyl (C=O) groups is 7. The molecule has 0 aromatic heterocycles. The van der Waals surface area contributed by atoms with Gasteiger partial charge in [-0.2, -0.15) is 0 Å². The Balaban J connectivity index is 0.000000459. The Bertz CT molecular complexity index is 2720. The largest absolute Gasteiger partial charge is 0.342 e. The van der Waals surface area contributed by atoms with Crippen molar-refractivity contribution in [2.45, 2.75) is 353 Å². The predicted octanol–water partition coefficient (Wildman–Crippen LogP) is 23.8. The van der Waals surface area contributed by atoms with Gasteiger partial charge in [-0.1, -0.05) is 263 Å². The van der Waals surface area contributed by atoms with Gasteiger partial charge < -0.3 is 34.3 Å². The summed E-state index contributed by atoms with van der Waals surface area (Å²) in [5.41, 5.74) is -1.64. The van der Waals surface area contributed by atoms with Crippen LogP contribution >= 0.6 is 0 Å². The van der Waals surface area contributed by atoms with E-state index in [1.165, 1.54) is 44.9 Å². The third-order valence-electron chi connectivity index (χ3n) is 32.4.